The summed E-state index contributed by atoms with van der Waals surface area (Å²) in [6, 6.07) is 2.72. The third kappa shape index (κ3) is 4.51. The molecule has 1 N–H and O–H groups in total. The average Bonchev–Trinajstić information content (AvgIpc) is 3.42. The topological polar surface area (TPSA) is 93.7 Å². The number of pyridine rings is 2. The Morgan fingerprint density at radius 3 is 2.94 bits per heavy atom. The van der Waals surface area contributed by atoms with Crippen molar-refractivity contribution in [3.05, 3.63) is 46.2 Å². The Labute approximate surface area is 187 Å². The maximum absolute atomic E-state index is 13.0. The molecule has 2 amide bonds. The predicted octanol–water partition coefficient (Wildman–Crippen LogP) is 3.61. The minimum atomic E-state index is -2.64. The third-order valence-electron chi connectivity index (χ3n) is 5.46. The molecule has 0 aliphatic carbocycles. The van der Waals surface area contributed by atoms with E-state index >= 15 is 0 Å². The number of halogens is 3. The van der Waals surface area contributed by atoms with Gasteiger partial charge in [0.2, 0.25) is 5.88 Å². The highest BCUT2D eigenvalue weighted by molar-refractivity contribution is 6.31. The van der Waals surface area contributed by atoms with E-state index < -0.39 is 25.2 Å². The molecule has 2 aliphatic rings. The highest BCUT2D eigenvalue weighted by Gasteiger charge is 2.35. The first-order valence-electron chi connectivity index (χ1n) is 10.1. The second-order valence-electron chi connectivity index (χ2n) is 7.54. The fourth-order valence-electron chi connectivity index (χ4n) is 3.75. The summed E-state index contributed by atoms with van der Waals surface area (Å²) in [7, 11) is 0. The van der Waals surface area contributed by atoms with Crippen LogP contribution in [0.15, 0.2) is 24.5 Å². The molecule has 8 nitrogen and oxygen atoms in total. The molecule has 1 unspecified atom stereocenters. The number of hydrogen-bond acceptors (Lipinski definition) is 6. The second-order valence-corrected chi connectivity index (χ2v) is 7.95. The van der Waals surface area contributed by atoms with Gasteiger partial charge in [-0.15, -0.1) is 0 Å². The minimum absolute atomic E-state index is 0.0744. The molecule has 4 heterocycles. The lowest BCUT2D eigenvalue weighted by Gasteiger charge is -2.25. The highest BCUT2D eigenvalue weighted by atomic mass is 35.5. The molecule has 0 saturated carbocycles. The monoisotopic (exact) mass is 466 g/mol. The Hall–Kier alpha value is -2.85. The van der Waals surface area contributed by atoms with Crippen molar-refractivity contribution in [3.63, 3.8) is 0 Å². The zero-order valence-corrected chi connectivity index (χ0v) is 17.9. The van der Waals surface area contributed by atoms with Gasteiger partial charge < -0.3 is 19.7 Å². The maximum Gasteiger partial charge on any atom is 0.272 e. The zero-order valence-electron chi connectivity index (χ0n) is 17.2. The van der Waals surface area contributed by atoms with E-state index in [0.29, 0.717) is 35.5 Å². The standard InChI is InChI=1S/C21H21ClF2N4O4/c1-11(12-7-15(22)20(26-8-12)32-10-17(23)24)28-9-14-13(21(28)30)4-5-25-18(14)27-19(29)16-3-2-6-31-16/h4-5,7-8,11,16-17H,2-3,6,9-10H2,1H3,(H,25,27,29)/t11?,16-/m0/s1. The van der Waals surface area contributed by atoms with Crippen LogP contribution in [0.5, 0.6) is 5.88 Å². The molecule has 0 aromatic carbocycles. The van der Waals surface area contributed by atoms with Gasteiger partial charge >= 0.3 is 0 Å². The molecule has 2 aromatic heterocycles. The summed E-state index contributed by atoms with van der Waals surface area (Å²) in [5.74, 6) is -0.269. The molecule has 2 aliphatic heterocycles. The summed E-state index contributed by atoms with van der Waals surface area (Å²) in [5, 5.41) is 2.85. The lowest BCUT2D eigenvalue weighted by atomic mass is 10.1. The largest absolute Gasteiger partial charge is 0.471 e. The summed E-state index contributed by atoms with van der Waals surface area (Å²) in [5.41, 5.74) is 1.68. The molecule has 0 spiro atoms. The molecule has 2 aromatic rings. The molecule has 4 rings (SSSR count). The van der Waals surface area contributed by atoms with Gasteiger partial charge in [-0.1, -0.05) is 11.6 Å². The lowest BCUT2D eigenvalue weighted by molar-refractivity contribution is -0.124. The number of alkyl halides is 2. The summed E-state index contributed by atoms with van der Waals surface area (Å²) in [4.78, 5) is 35.3. The molecule has 1 fully saturated rings. The number of nitrogens with zero attached hydrogens (tertiary/aromatic N) is 3. The molecule has 32 heavy (non-hydrogen) atoms. The fourth-order valence-corrected chi connectivity index (χ4v) is 3.98. The summed E-state index contributed by atoms with van der Waals surface area (Å²) < 4.78 is 35.0. The van der Waals surface area contributed by atoms with Gasteiger partial charge in [0.1, 0.15) is 16.9 Å². The number of nitrogens with one attached hydrogen (secondary N) is 1. The Balaban J connectivity index is 1.50. The summed E-state index contributed by atoms with van der Waals surface area (Å²) in [6.07, 6.45) is 1.23. The number of hydrogen-bond donors (Lipinski definition) is 1. The Morgan fingerprint density at radius 1 is 1.44 bits per heavy atom. The quantitative estimate of drug-likeness (QED) is 0.670. The first kappa shape index (κ1) is 22.3. The number of anilines is 1. The van der Waals surface area contributed by atoms with Crippen LogP contribution in [0.4, 0.5) is 14.6 Å². The van der Waals surface area contributed by atoms with E-state index in [1.807, 2.05) is 0 Å². The fraction of sp³-hybridized carbons (Fsp3) is 0.429. The normalized spacial score (nSPS) is 18.7. The molecule has 0 bridgehead atoms. The van der Waals surface area contributed by atoms with Crippen LogP contribution in [0.25, 0.3) is 0 Å². The summed E-state index contributed by atoms with van der Waals surface area (Å²) >= 11 is 6.13. The van der Waals surface area contributed by atoms with Crippen molar-refractivity contribution >= 4 is 29.2 Å². The number of aromatic nitrogens is 2. The van der Waals surface area contributed by atoms with Crippen molar-refractivity contribution in [1.29, 1.82) is 0 Å². The van der Waals surface area contributed by atoms with Crippen LogP contribution in [0.3, 0.4) is 0 Å². The molecule has 0 radical (unpaired) electrons. The lowest BCUT2D eigenvalue weighted by Crippen LogP contribution is -2.28. The number of fused-ring (bicyclic) bond motifs is 1. The average molecular weight is 467 g/mol. The molecule has 1 saturated heterocycles. The first-order valence-corrected chi connectivity index (χ1v) is 10.5. The molecule has 170 valence electrons. The Bertz CT molecular complexity index is 1030. The van der Waals surface area contributed by atoms with Crippen LogP contribution < -0.4 is 10.1 Å². The van der Waals surface area contributed by atoms with Gasteiger partial charge in [-0.25, -0.2) is 18.7 Å². The van der Waals surface area contributed by atoms with Gasteiger partial charge in [-0.05, 0) is 37.5 Å². The minimum Gasteiger partial charge on any atom is -0.471 e. The molecular formula is C21H21ClF2N4O4. The number of carbonyl (C=O) groups excluding carboxylic acids is 2. The van der Waals surface area contributed by atoms with Gasteiger partial charge in [-0.3, -0.25) is 9.59 Å². The van der Waals surface area contributed by atoms with Crippen molar-refractivity contribution in [2.24, 2.45) is 0 Å². The number of amides is 2. The number of carbonyl (C=O) groups is 2. The van der Waals surface area contributed by atoms with Crippen LogP contribution in [0, 0.1) is 0 Å². The molecule has 11 heteroatoms. The van der Waals surface area contributed by atoms with Crippen LogP contribution in [0.1, 0.15) is 47.3 Å². The predicted molar refractivity (Wildman–Crippen MR) is 111 cm³/mol. The van der Waals surface area contributed by atoms with E-state index in [4.69, 9.17) is 21.1 Å². The number of ether oxygens (including phenoxy) is 2. The zero-order chi connectivity index (χ0) is 22.8. The van der Waals surface area contributed by atoms with E-state index in [1.165, 1.54) is 18.5 Å². The van der Waals surface area contributed by atoms with Gasteiger partial charge in [0.15, 0.2) is 6.61 Å². The number of rotatable bonds is 7. The maximum atomic E-state index is 13.0. The molecule has 2 atom stereocenters. The first-order chi connectivity index (χ1) is 15.3. The van der Waals surface area contributed by atoms with Crippen molar-refractivity contribution in [1.82, 2.24) is 14.9 Å². The SMILES string of the molecule is CC(c1cnc(OCC(F)F)c(Cl)c1)N1Cc2c(ccnc2NC(=O)[C@@H]2CCCO2)C1=O. The van der Waals surface area contributed by atoms with Crippen LogP contribution in [-0.2, 0) is 16.1 Å². The second kappa shape index (κ2) is 9.33. The van der Waals surface area contributed by atoms with Gasteiger partial charge in [0.25, 0.3) is 18.2 Å². The van der Waals surface area contributed by atoms with Crippen molar-refractivity contribution in [2.45, 2.75) is 44.9 Å². The van der Waals surface area contributed by atoms with Gasteiger partial charge in [0, 0.05) is 30.1 Å². The van der Waals surface area contributed by atoms with Crippen LogP contribution in [-0.4, -0.2) is 52.4 Å². The van der Waals surface area contributed by atoms with Crippen molar-refractivity contribution in [3.8, 4) is 5.88 Å². The van der Waals surface area contributed by atoms with Crippen molar-refractivity contribution in [2.75, 3.05) is 18.5 Å². The third-order valence-corrected chi connectivity index (χ3v) is 5.73. The summed E-state index contributed by atoms with van der Waals surface area (Å²) in [6.45, 7) is 1.76. The van der Waals surface area contributed by atoms with Gasteiger partial charge in [0.05, 0.1) is 12.6 Å². The van der Waals surface area contributed by atoms with E-state index in [-0.39, 0.29) is 29.3 Å². The van der Waals surface area contributed by atoms with Crippen molar-refractivity contribution < 1.29 is 27.8 Å². The van der Waals surface area contributed by atoms with E-state index in [9.17, 15) is 18.4 Å². The van der Waals surface area contributed by atoms with Gasteiger partial charge in [-0.2, -0.15) is 0 Å². The van der Waals surface area contributed by atoms with Crippen LogP contribution >= 0.6 is 11.6 Å². The smallest absolute Gasteiger partial charge is 0.272 e. The highest BCUT2D eigenvalue weighted by Crippen LogP contribution is 2.35. The Morgan fingerprint density at radius 2 is 2.25 bits per heavy atom. The van der Waals surface area contributed by atoms with Crippen LogP contribution in [0.2, 0.25) is 5.02 Å². The molecular weight excluding hydrogens is 446 g/mol. The Kier molecular flexibility index (Phi) is 6.52. The van der Waals surface area contributed by atoms with E-state index in [0.717, 1.165) is 6.42 Å². The van der Waals surface area contributed by atoms with E-state index in [1.54, 1.807) is 17.9 Å². The van der Waals surface area contributed by atoms with E-state index in [2.05, 4.69) is 15.3 Å².